The molecule has 0 fully saturated rings. The van der Waals surface area contributed by atoms with Gasteiger partial charge in [0.2, 0.25) is 0 Å². The number of hydrogen-bond acceptors (Lipinski definition) is 3. The molecule has 0 radical (unpaired) electrons. The van der Waals surface area contributed by atoms with Crippen LogP contribution in [-0.2, 0) is 0 Å². The number of amidine groups is 1. The van der Waals surface area contributed by atoms with Gasteiger partial charge in [0.25, 0.3) is 0 Å². The Balaban J connectivity index is 2.31. The molecule has 1 aromatic carbocycles. The average molecular weight is 273 g/mol. The fraction of sp³-hybridized carbons (Fsp3) is 0.333. The van der Waals surface area contributed by atoms with E-state index in [0.717, 1.165) is 11.3 Å². The summed E-state index contributed by atoms with van der Waals surface area (Å²) >= 11 is 0. The van der Waals surface area contributed by atoms with Crippen molar-refractivity contribution in [1.29, 1.82) is 0 Å². The summed E-state index contributed by atoms with van der Waals surface area (Å²) in [6.45, 7) is 7.99. The van der Waals surface area contributed by atoms with E-state index in [4.69, 9.17) is 10.5 Å². The number of amides is 2. The van der Waals surface area contributed by atoms with Crippen molar-refractivity contribution in [3.05, 3.63) is 42.5 Å². The second kappa shape index (κ2) is 5.77. The maximum Gasteiger partial charge on any atom is 0.346 e. The average Bonchev–Trinajstić information content (AvgIpc) is 2.64. The van der Waals surface area contributed by atoms with Crippen LogP contribution in [0.2, 0.25) is 0 Å². The Hall–Kier alpha value is -2.30. The Kier molecular flexibility index (Phi) is 4.08. The molecule has 0 aromatic heterocycles. The number of hydrogen-bond donors (Lipinski definition) is 1. The molecule has 1 heterocycles. The summed E-state index contributed by atoms with van der Waals surface area (Å²) < 4.78 is 5.67. The molecule has 0 bridgehead atoms. The number of carbonyl (C=O) groups excluding carboxylic acids is 1. The highest BCUT2D eigenvalue weighted by Crippen LogP contribution is 2.29. The summed E-state index contributed by atoms with van der Waals surface area (Å²) in [5.74, 6) is 1.06. The predicted molar refractivity (Wildman–Crippen MR) is 78.9 cm³/mol. The van der Waals surface area contributed by atoms with Gasteiger partial charge in [-0.1, -0.05) is 18.2 Å². The third kappa shape index (κ3) is 2.82. The van der Waals surface area contributed by atoms with Gasteiger partial charge in [-0.15, -0.1) is 6.58 Å². The summed E-state index contributed by atoms with van der Waals surface area (Å²) in [7, 11) is 0. The van der Waals surface area contributed by atoms with Crippen molar-refractivity contribution in [3.63, 3.8) is 0 Å². The molecule has 106 valence electrons. The number of nitrogens with zero attached hydrogens (tertiary/aromatic N) is 2. The van der Waals surface area contributed by atoms with Crippen molar-refractivity contribution in [2.24, 2.45) is 10.7 Å². The van der Waals surface area contributed by atoms with Crippen LogP contribution in [0.15, 0.2) is 41.9 Å². The minimum Gasteiger partial charge on any atom is -0.491 e. The molecular weight excluding hydrogens is 254 g/mol. The molecule has 0 saturated carbocycles. The number of urea groups is 1. The van der Waals surface area contributed by atoms with Gasteiger partial charge in [-0.3, -0.25) is 0 Å². The molecule has 1 atom stereocenters. The Morgan fingerprint density at radius 3 is 2.95 bits per heavy atom. The molecule has 2 rings (SSSR count). The topological polar surface area (TPSA) is 67.9 Å². The maximum absolute atomic E-state index is 11.8. The zero-order valence-corrected chi connectivity index (χ0v) is 11.7. The van der Waals surface area contributed by atoms with Crippen molar-refractivity contribution >= 4 is 11.9 Å². The normalized spacial score (nSPS) is 18.4. The highest BCUT2D eigenvalue weighted by molar-refractivity contribution is 6.03. The minimum atomic E-state index is -0.351. The van der Waals surface area contributed by atoms with E-state index in [0.29, 0.717) is 12.4 Å². The van der Waals surface area contributed by atoms with Gasteiger partial charge >= 0.3 is 6.03 Å². The highest BCUT2D eigenvalue weighted by atomic mass is 16.5. The summed E-state index contributed by atoms with van der Waals surface area (Å²) in [5, 5.41) is 0. The van der Waals surface area contributed by atoms with Crippen molar-refractivity contribution in [2.45, 2.75) is 26.0 Å². The quantitative estimate of drug-likeness (QED) is 0.838. The predicted octanol–water partition coefficient (Wildman–Crippen LogP) is 2.49. The minimum absolute atomic E-state index is 0.0887. The standard InChI is InChI=1S/C15H19N3O2/c1-4-8-18-13(14(16)17-15(18)19)11-6-5-7-12(9-11)20-10(2)3/h4-7,9-10,13H,1,8H2,2-3H3,(H2,16,17,19). The first-order valence-electron chi connectivity index (χ1n) is 6.55. The first-order chi connectivity index (χ1) is 9.52. The van der Waals surface area contributed by atoms with Gasteiger partial charge in [0, 0.05) is 6.54 Å². The molecule has 1 unspecified atom stereocenters. The third-order valence-corrected chi connectivity index (χ3v) is 2.93. The van der Waals surface area contributed by atoms with Gasteiger partial charge in [-0.2, -0.15) is 4.99 Å². The molecule has 0 spiro atoms. The van der Waals surface area contributed by atoms with E-state index < -0.39 is 0 Å². The van der Waals surface area contributed by atoms with Crippen molar-refractivity contribution in [3.8, 4) is 5.75 Å². The summed E-state index contributed by atoms with van der Waals surface area (Å²) in [4.78, 5) is 17.2. The lowest BCUT2D eigenvalue weighted by Gasteiger charge is -2.23. The summed E-state index contributed by atoms with van der Waals surface area (Å²) in [6.07, 6.45) is 1.75. The first kappa shape index (κ1) is 14.1. The lowest BCUT2D eigenvalue weighted by Crippen LogP contribution is -2.33. The number of carbonyl (C=O) groups is 1. The van der Waals surface area contributed by atoms with Crippen LogP contribution in [0.4, 0.5) is 4.79 Å². The Morgan fingerprint density at radius 2 is 2.30 bits per heavy atom. The molecule has 2 N–H and O–H groups in total. The number of rotatable bonds is 5. The van der Waals surface area contributed by atoms with Crippen LogP contribution in [0.5, 0.6) is 5.75 Å². The lowest BCUT2D eigenvalue weighted by atomic mass is 10.0. The van der Waals surface area contributed by atoms with Gasteiger partial charge in [0.1, 0.15) is 17.6 Å². The molecule has 1 aliphatic heterocycles. The summed E-state index contributed by atoms with van der Waals surface area (Å²) in [5.41, 5.74) is 6.77. The van der Waals surface area contributed by atoms with E-state index in [1.807, 2.05) is 38.1 Å². The molecular formula is C15H19N3O2. The van der Waals surface area contributed by atoms with Crippen LogP contribution in [-0.4, -0.2) is 29.4 Å². The van der Waals surface area contributed by atoms with Crippen LogP contribution >= 0.6 is 0 Å². The number of aliphatic imine (C=N–C) groups is 1. The molecule has 5 nitrogen and oxygen atoms in total. The zero-order valence-electron chi connectivity index (χ0n) is 11.7. The van der Waals surface area contributed by atoms with Gasteiger partial charge in [-0.05, 0) is 31.5 Å². The Bertz CT molecular complexity index is 552. The smallest absolute Gasteiger partial charge is 0.346 e. The lowest BCUT2D eigenvalue weighted by molar-refractivity contribution is 0.212. The van der Waals surface area contributed by atoms with Crippen molar-refractivity contribution in [1.82, 2.24) is 4.90 Å². The highest BCUT2D eigenvalue weighted by Gasteiger charge is 2.33. The fourth-order valence-corrected chi connectivity index (χ4v) is 2.21. The fourth-order valence-electron chi connectivity index (χ4n) is 2.21. The SMILES string of the molecule is C=CCN1C(=O)N=C(N)C1c1cccc(OC(C)C)c1. The first-order valence-corrected chi connectivity index (χ1v) is 6.55. The Morgan fingerprint density at radius 1 is 1.55 bits per heavy atom. The van der Waals surface area contributed by atoms with E-state index in [1.165, 1.54) is 0 Å². The maximum atomic E-state index is 11.8. The second-order valence-corrected chi connectivity index (χ2v) is 4.90. The van der Waals surface area contributed by atoms with Gasteiger partial charge in [0.15, 0.2) is 0 Å². The van der Waals surface area contributed by atoms with E-state index in [9.17, 15) is 4.79 Å². The van der Waals surface area contributed by atoms with Crippen molar-refractivity contribution < 1.29 is 9.53 Å². The molecule has 1 aromatic rings. The number of ether oxygens (including phenoxy) is 1. The number of benzene rings is 1. The zero-order chi connectivity index (χ0) is 14.7. The van der Waals surface area contributed by atoms with E-state index in [1.54, 1.807) is 11.0 Å². The summed E-state index contributed by atoms with van der Waals surface area (Å²) in [6, 6.07) is 6.89. The molecule has 1 aliphatic rings. The van der Waals surface area contributed by atoms with E-state index >= 15 is 0 Å². The van der Waals surface area contributed by atoms with Crippen LogP contribution in [0.25, 0.3) is 0 Å². The van der Waals surface area contributed by atoms with Crippen LogP contribution < -0.4 is 10.5 Å². The molecule has 0 saturated heterocycles. The molecule has 2 amide bonds. The van der Waals surface area contributed by atoms with Crippen molar-refractivity contribution in [2.75, 3.05) is 6.54 Å². The second-order valence-electron chi connectivity index (χ2n) is 4.90. The van der Waals surface area contributed by atoms with Crippen LogP contribution in [0, 0.1) is 0 Å². The van der Waals surface area contributed by atoms with Crippen LogP contribution in [0.3, 0.4) is 0 Å². The van der Waals surface area contributed by atoms with Gasteiger partial charge in [0.05, 0.1) is 6.10 Å². The molecule has 5 heteroatoms. The monoisotopic (exact) mass is 273 g/mol. The van der Waals surface area contributed by atoms with Gasteiger partial charge < -0.3 is 15.4 Å². The molecule has 0 aliphatic carbocycles. The van der Waals surface area contributed by atoms with E-state index in [2.05, 4.69) is 11.6 Å². The third-order valence-electron chi connectivity index (χ3n) is 2.93. The number of nitrogens with two attached hydrogens (primary N) is 1. The van der Waals surface area contributed by atoms with Crippen LogP contribution in [0.1, 0.15) is 25.5 Å². The molecule has 20 heavy (non-hydrogen) atoms. The largest absolute Gasteiger partial charge is 0.491 e. The van der Waals surface area contributed by atoms with E-state index in [-0.39, 0.29) is 18.2 Å². The van der Waals surface area contributed by atoms with Gasteiger partial charge in [-0.25, -0.2) is 4.79 Å². The Labute approximate surface area is 118 Å².